The van der Waals surface area contributed by atoms with Gasteiger partial charge in [0.15, 0.2) is 5.82 Å². The Morgan fingerprint density at radius 3 is 2.79 bits per heavy atom. The van der Waals surface area contributed by atoms with Crippen molar-refractivity contribution in [1.82, 2.24) is 18.7 Å². The molecule has 1 aliphatic carbocycles. The number of fused-ring (bicyclic) bond motifs is 1. The van der Waals surface area contributed by atoms with Gasteiger partial charge < -0.3 is 5.11 Å². The van der Waals surface area contributed by atoms with Gasteiger partial charge in [0, 0.05) is 17.7 Å². The summed E-state index contributed by atoms with van der Waals surface area (Å²) in [7, 11) is 0. The second-order valence-corrected chi connectivity index (χ2v) is 8.18. The fourth-order valence-corrected chi connectivity index (χ4v) is 5.45. The zero-order valence-corrected chi connectivity index (χ0v) is 13.8. The summed E-state index contributed by atoms with van der Waals surface area (Å²) in [6.45, 7) is 0. The van der Waals surface area contributed by atoms with Crippen molar-refractivity contribution in [3.05, 3.63) is 60.8 Å². The molecule has 7 heteroatoms. The number of aliphatic imine (C=N–C) groups is 1. The van der Waals surface area contributed by atoms with E-state index >= 15 is 0 Å². The van der Waals surface area contributed by atoms with Crippen LogP contribution in [0.2, 0.25) is 0 Å². The summed E-state index contributed by atoms with van der Waals surface area (Å²) in [6, 6.07) is 9.92. The van der Waals surface area contributed by atoms with Crippen LogP contribution < -0.4 is 0 Å². The van der Waals surface area contributed by atoms with Crippen LogP contribution in [-0.2, 0) is 0 Å². The van der Waals surface area contributed by atoms with Crippen molar-refractivity contribution in [3.63, 3.8) is 0 Å². The molecule has 2 aromatic heterocycles. The molecule has 1 aromatic carbocycles. The zero-order valence-electron chi connectivity index (χ0n) is 12.9. The third-order valence-electron chi connectivity index (χ3n) is 4.39. The van der Waals surface area contributed by atoms with Gasteiger partial charge in [0.05, 0.1) is 23.1 Å². The lowest BCUT2D eigenvalue weighted by molar-refractivity contribution is 0.268. The molecule has 5 rings (SSSR count). The number of hydrogen-bond acceptors (Lipinski definition) is 4. The molecule has 122 valence electrons. The highest BCUT2D eigenvalue weighted by molar-refractivity contribution is 8.29. The smallest absolute Gasteiger partial charge is 0.162 e. The number of benzene rings is 1. The van der Waals surface area contributed by atoms with E-state index in [1.807, 2.05) is 40.5 Å². The van der Waals surface area contributed by atoms with Gasteiger partial charge in [-0.15, -0.1) is 0 Å². The first-order valence-corrected chi connectivity index (χ1v) is 9.36. The number of nitrogens with zero attached hydrogens (tertiary/aromatic N) is 5. The van der Waals surface area contributed by atoms with Gasteiger partial charge in [0.25, 0.3) is 0 Å². The number of para-hydroxylation sites is 1. The summed E-state index contributed by atoms with van der Waals surface area (Å²) < 4.78 is 3.83. The van der Waals surface area contributed by atoms with Crippen molar-refractivity contribution in [3.8, 4) is 5.69 Å². The lowest BCUT2D eigenvalue weighted by Gasteiger charge is -2.25. The molecule has 0 spiro atoms. The maximum atomic E-state index is 11.0. The van der Waals surface area contributed by atoms with Crippen LogP contribution in [0.5, 0.6) is 0 Å². The maximum absolute atomic E-state index is 11.0. The van der Waals surface area contributed by atoms with Crippen molar-refractivity contribution in [2.45, 2.75) is 18.3 Å². The lowest BCUT2D eigenvalue weighted by Crippen LogP contribution is -2.11. The van der Waals surface area contributed by atoms with Crippen LogP contribution in [0.25, 0.3) is 5.69 Å². The quantitative estimate of drug-likeness (QED) is 0.718. The van der Waals surface area contributed by atoms with Gasteiger partial charge in [-0.05, 0) is 25.0 Å². The Hall–Kier alpha value is -2.38. The molecule has 1 N–H and O–H groups in total. The molecule has 0 radical (unpaired) electrons. The van der Waals surface area contributed by atoms with Gasteiger partial charge in [-0.3, -0.25) is 3.97 Å². The Kier molecular flexibility index (Phi) is 3.11. The molecular weight excluding hydrogens is 322 g/mol. The number of aromatic nitrogens is 4. The second kappa shape index (κ2) is 5.32. The van der Waals surface area contributed by atoms with Crippen LogP contribution >= 0.6 is 11.1 Å². The zero-order chi connectivity index (χ0) is 16.1. The Morgan fingerprint density at radius 2 is 2.00 bits per heavy atom. The van der Waals surface area contributed by atoms with Crippen LogP contribution in [0.3, 0.4) is 0 Å². The number of rotatable bonds is 4. The molecule has 2 atom stereocenters. The van der Waals surface area contributed by atoms with Crippen LogP contribution in [0.15, 0.2) is 60.2 Å². The Labute approximate surface area is 142 Å². The third-order valence-corrected chi connectivity index (χ3v) is 6.86. The molecular formula is C17H17N5OS. The normalized spacial score (nSPS) is 22.2. The summed E-state index contributed by atoms with van der Waals surface area (Å²) in [5.74, 6) is 1.38. The van der Waals surface area contributed by atoms with Gasteiger partial charge >= 0.3 is 0 Å². The number of aliphatic hydroxyl groups is 1. The number of hydrogen-bond donors (Lipinski definition) is 2. The molecule has 24 heavy (non-hydrogen) atoms. The number of imidazole rings is 1. The van der Waals surface area contributed by atoms with E-state index in [4.69, 9.17) is 4.99 Å². The maximum Gasteiger partial charge on any atom is 0.162 e. The predicted octanol–water partition coefficient (Wildman–Crippen LogP) is 2.98. The summed E-state index contributed by atoms with van der Waals surface area (Å²) in [5, 5.41) is 16.6. The van der Waals surface area contributed by atoms with Crippen LogP contribution in [0, 0.1) is 5.92 Å². The molecule has 2 aliphatic rings. The van der Waals surface area contributed by atoms with E-state index < -0.39 is 16.5 Å². The van der Waals surface area contributed by atoms with E-state index in [-0.39, 0.29) is 0 Å². The van der Waals surface area contributed by atoms with Crippen molar-refractivity contribution in [2.75, 3.05) is 0 Å². The first kappa shape index (κ1) is 14.0. The highest BCUT2D eigenvalue weighted by Crippen LogP contribution is 2.55. The molecule has 1 aliphatic heterocycles. The Bertz CT molecular complexity index is 912. The minimum absolute atomic E-state index is 0.523. The summed E-state index contributed by atoms with van der Waals surface area (Å²) in [5.41, 5.74) is 1.18. The average molecular weight is 339 g/mol. The van der Waals surface area contributed by atoms with Crippen molar-refractivity contribution >= 4 is 21.9 Å². The Morgan fingerprint density at radius 1 is 1.17 bits per heavy atom. The SMILES string of the molecule is OC(c1cnn(-c2ccccc2)c1)[SH]1C(C2CC2)=Nc2cncn21. The third kappa shape index (κ3) is 2.20. The minimum atomic E-state index is -0.951. The molecule has 6 nitrogen and oxygen atoms in total. The van der Waals surface area contributed by atoms with E-state index in [0.29, 0.717) is 5.92 Å². The molecule has 0 bridgehead atoms. The highest BCUT2D eigenvalue weighted by Gasteiger charge is 2.39. The molecule has 1 saturated carbocycles. The molecule has 3 heterocycles. The van der Waals surface area contributed by atoms with E-state index in [1.165, 1.54) is 12.8 Å². The number of thiol groups is 1. The van der Waals surface area contributed by atoms with E-state index in [9.17, 15) is 5.11 Å². The average Bonchev–Trinajstić information content (AvgIpc) is 3.04. The summed E-state index contributed by atoms with van der Waals surface area (Å²) >= 11 is -0.951. The molecule has 2 unspecified atom stereocenters. The number of aliphatic hydroxyl groups excluding tert-OH is 1. The van der Waals surface area contributed by atoms with Crippen LogP contribution in [0.1, 0.15) is 23.8 Å². The predicted molar refractivity (Wildman–Crippen MR) is 95.0 cm³/mol. The van der Waals surface area contributed by atoms with Gasteiger partial charge in [-0.1, -0.05) is 29.3 Å². The van der Waals surface area contributed by atoms with E-state index in [1.54, 1.807) is 23.4 Å². The Balaban J connectivity index is 1.49. The topological polar surface area (TPSA) is 68.2 Å². The first-order chi connectivity index (χ1) is 11.8. The summed E-state index contributed by atoms with van der Waals surface area (Å²) in [6.07, 6.45) is 9.55. The van der Waals surface area contributed by atoms with E-state index in [2.05, 4.69) is 10.1 Å². The second-order valence-electron chi connectivity index (χ2n) is 6.11. The van der Waals surface area contributed by atoms with E-state index in [0.717, 1.165) is 22.1 Å². The largest absolute Gasteiger partial charge is 0.378 e. The van der Waals surface area contributed by atoms with Crippen LogP contribution in [-0.4, -0.2) is 28.9 Å². The molecule has 0 saturated heterocycles. The first-order valence-electron chi connectivity index (χ1n) is 8.00. The molecule has 1 fully saturated rings. The lowest BCUT2D eigenvalue weighted by atomic mass is 10.3. The minimum Gasteiger partial charge on any atom is -0.378 e. The fourth-order valence-electron chi connectivity index (χ4n) is 3.00. The summed E-state index contributed by atoms with van der Waals surface area (Å²) in [4.78, 5) is 8.90. The van der Waals surface area contributed by atoms with Gasteiger partial charge in [-0.2, -0.15) is 5.10 Å². The van der Waals surface area contributed by atoms with Gasteiger partial charge in [-0.25, -0.2) is 14.7 Å². The molecule has 0 amide bonds. The van der Waals surface area contributed by atoms with Crippen molar-refractivity contribution < 1.29 is 5.11 Å². The van der Waals surface area contributed by atoms with Gasteiger partial charge in [0.2, 0.25) is 0 Å². The van der Waals surface area contributed by atoms with Gasteiger partial charge in [0.1, 0.15) is 11.8 Å². The highest BCUT2D eigenvalue weighted by atomic mass is 32.2. The van der Waals surface area contributed by atoms with Crippen molar-refractivity contribution in [1.29, 1.82) is 0 Å². The fraction of sp³-hybridized carbons (Fsp3) is 0.235. The van der Waals surface area contributed by atoms with Crippen molar-refractivity contribution in [2.24, 2.45) is 10.9 Å². The molecule has 3 aromatic rings. The monoisotopic (exact) mass is 339 g/mol. The van der Waals surface area contributed by atoms with Crippen LogP contribution in [0.4, 0.5) is 5.82 Å². The standard InChI is InChI=1S/C17H17N5OS/c23-17(13-8-19-21(10-13)14-4-2-1-3-5-14)24-16(12-6-7-12)20-15-9-18-11-22(15)24/h1-5,8-12,17,23-24H,6-7H2.